The Bertz CT molecular complexity index is 1300. The number of sulfone groups is 1. The van der Waals surface area contributed by atoms with Crippen molar-refractivity contribution in [3.05, 3.63) is 41.9 Å². The number of carbonyl (C=O) groups excluding carboxylic acids is 1. The number of pyridine rings is 1. The first kappa shape index (κ1) is 23.2. The summed E-state index contributed by atoms with van der Waals surface area (Å²) < 4.78 is 31.6. The monoisotopic (exact) mass is 471 g/mol. The van der Waals surface area contributed by atoms with Gasteiger partial charge in [-0.25, -0.2) is 18.4 Å². The van der Waals surface area contributed by atoms with E-state index >= 15 is 0 Å². The molecule has 10 heteroatoms. The Balaban J connectivity index is 1.86. The second kappa shape index (κ2) is 9.11. The fourth-order valence-electron chi connectivity index (χ4n) is 4.21. The van der Waals surface area contributed by atoms with Gasteiger partial charge in [0.1, 0.15) is 17.1 Å². The molecule has 1 aromatic carbocycles. The van der Waals surface area contributed by atoms with Crippen LogP contribution in [0.2, 0.25) is 0 Å². The molecule has 9 nitrogen and oxygen atoms in total. The van der Waals surface area contributed by atoms with Crippen LogP contribution in [0.25, 0.3) is 22.3 Å². The van der Waals surface area contributed by atoms with E-state index in [-0.39, 0.29) is 29.1 Å². The number of aryl methyl sites for hydroxylation is 1. The summed E-state index contributed by atoms with van der Waals surface area (Å²) in [5, 5.41) is 2.92. The van der Waals surface area contributed by atoms with Crippen molar-refractivity contribution in [1.82, 2.24) is 24.8 Å². The molecule has 3 heterocycles. The highest BCUT2D eigenvalue weighted by Crippen LogP contribution is 2.33. The number of methoxy groups -OCH3 is 1. The van der Waals surface area contributed by atoms with E-state index in [0.717, 1.165) is 5.56 Å². The minimum absolute atomic E-state index is 0.0699. The smallest absolute Gasteiger partial charge is 0.272 e. The summed E-state index contributed by atoms with van der Waals surface area (Å²) in [5.41, 5.74) is 2.81. The molecule has 1 atom stereocenters. The van der Waals surface area contributed by atoms with Crippen LogP contribution >= 0.6 is 0 Å². The SMILES string of the molecule is COc1cccc(-c2cc3c(nc(C)n3C3CCS(=O)(=O)C3)c(C(=O)NCCN(C)C)n2)c1. The van der Waals surface area contributed by atoms with Crippen molar-refractivity contribution >= 4 is 26.8 Å². The van der Waals surface area contributed by atoms with Gasteiger partial charge in [-0.2, -0.15) is 0 Å². The molecule has 0 saturated carbocycles. The quantitative estimate of drug-likeness (QED) is 0.562. The molecule has 0 spiro atoms. The summed E-state index contributed by atoms with van der Waals surface area (Å²) in [7, 11) is 2.38. The minimum atomic E-state index is -3.09. The first-order valence-corrected chi connectivity index (χ1v) is 12.7. The number of nitrogens with one attached hydrogen (secondary N) is 1. The van der Waals surface area contributed by atoms with Gasteiger partial charge in [0.15, 0.2) is 15.5 Å². The van der Waals surface area contributed by atoms with Crippen LogP contribution in [-0.4, -0.2) is 79.6 Å². The van der Waals surface area contributed by atoms with Gasteiger partial charge in [-0.05, 0) is 45.6 Å². The molecular weight excluding hydrogens is 442 g/mol. The molecule has 4 rings (SSSR count). The highest BCUT2D eigenvalue weighted by Gasteiger charge is 2.32. The van der Waals surface area contributed by atoms with Gasteiger partial charge in [0.25, 0.3) is 5.91 Å². The number of aromatic nitrogens is 3. The molecule has 1 N–H and O–H groups in total. The van der Waals surface area contributed by atoms with Crippen LogP contribution in [0.5, 0.6) is 5.75 Å². The Hall–Kier alpha value is -2.98. The second-order valence-corrected chi connectivity index (χ2v) is 10.8. The minimum Gasteiger partial charge on any atom is -0.497 e. The third-order valence-corrected chi connectivity index (χ3v) is 7.60. The predicted molar refractivity (Wildman–Crippen MR) is 127 cm³/mol. The van der Waals surface area contributed by atoms with Crippen molar-refractivity contribution in [1.29, 1.82) is 0 Å². The highest BCUT2D eigenvalue weighted by molar-refractivity contribution is 7.91. The molecule has 1 aliphatic heterocycles. The molecule has 1 fully saturated rings. The summed E-state index contributed by atoms with van der Waals surface area (Å²) in [5.74, 6) is 1.26. The Morgan fingerprint density at radius 2 is 2.06 bits per heavy atom. The number of likely N-dealkylation sites (N-methyl/N-ethyl adjacent to an activating group) is 1. The van der Waals surface area contributed by atoms with E-state index in [1.165, 1.54) is 0 Å². The topological polar surface area (TPSA) is 106 Å². The number of hydrogen-bond donors (Lipinski definition) is 1. The largest absolute Gasteiger partial charge is 0.497 e. The average Bonchev–Trinajstić information content (AvgIpc) is 3.30. The van der Waals surface area contributed by atoms with E-state index in [1.54, 1.807) is 7.11 Å². The second-order valence-electron chi connectivity index (χ2n) is 8.60. The molecule has 0 radical (unpaired) electrons. The Morgan fingerprint density at radius 3 is 2.73 bits per heavy atom. The number of hydrogen-bond acceptors (Lipinski definition) is 7. The summed E-state index contributed by atoms with van der Waals surface area (Å²) in [4.78, 5) is 24.4. The summed E-state index contributed by atoms with van der Waals surface area (Å²) in [6.07, 6.45) is 0.524. The zero-order valence-electron chi connectivity index (χ0n) is 19.3. The normalized spacial score (nSPS) is 17.5. The lowest BCUT2D eigenvalue weighted by atomic mass is 10.1. The van der Waals surface area contributed by atoms with Crippen molar-refractivity contribution < 1.29 is 17.9 Å². The van der Waals surface area contributed by atoms with Crippen molar-refractivity contribution in [2.75, 3.05) is 45.8 Å². The lowest BCUT2D eigenvalue weighted by Crippen LogP contribution is -2.32. The number of fused-ring (bicyclic) bond motifs is 1. The van der Waals surface area contributed by atoms with Crippen LogP contribution in [0, 0.1) is 6.92 Å². The van der Waals surface area contributed by atoms with Crippen LogP contribution < -0.4 is 10.1 Å². The first-order valence-electron chi connectivity index (χ1n) is 10.9. The van der Waals surface area contributed by atoms with E-state index in [9.17, 15) is 13.2 Å². The molecule has 33 heavy (non-hydrogen) atoms. The number of benzene rings is 1. The Morgan fingerprint density at radius 1 is 1.27 bits per heavy atom. The van der Waals surface area contributed by atoms with E-state index in [4.69, 9.17) is 4.74 Å². The summed E-state index contributed by atoms with van der Waals surface area (Å²) in [6, 6.07) is 9.13. The molecule has 1 unspecified atom stereocenters. The number of ether oxygens (including phenoxy) is 1. The number of amides is 1. The van der Waals surface area contributed by atoms with Gasteiger partial charge in [0.2, 0.25) is 0 Å². The molecule has 1 saturated heterocycles. The molecule has 176 valence electrons. The highest BCUT2D eigenvalue weighted by atomic mass is 32.2. The zero-order chi connectivity index (χ0) is 23.8. The Kier molecular flexibility index (Phi) is 6.40. The maximum atomic E-state index is 13.1. The van der Waals surface area contributed by atoms with Crippen LogP contribution in [-0.2, 0) is 9.84 Å². The number of carbonyl (C=O) groups is 1. The van der Waals surface area contributed by atoms with E-state index < -0.39 is 9.84 Å². The van der Waals surface area contributed by atoms with E-state index in [0.29, 0.717) is 47.8 Å². The first-order chi connectivity index (χ1) is 15.7. The number of nitrogens with zero attached hydrogens (tertiary/aromatic N) is 4. The van der Waals surface area contributed by atoms with Gasteiger partial charge in [-0.1, -0.05) is 12.1 Å². The zero-order valence-corrected chi connectivity index (χ0v) is 20.1. The summed E-state index contributed by atoms with van der Waals surface area (Å²) >= 11 is 0. The average molecular weight is 472 g/mol. The van der Waals surface area contributed by atoms with E-state index in [2.05, 4.69) is 15.3 Å². The fourth-order valence-corrected chi connectivity index (χ4v) is 5.91. The standard InChI is InChI=1S/C23H29N5O4S/c1-15-25-21-20(28(15)17-8-11-33(30,31)14-17)13-19(16-6-5-7-18(12-16)32-4)26-22(21)23(29)24-9-10-27(2)3/h5-7,12-13,17H,8-11,14H2,1-4H3,(H,24,29). The van der Waals surface area contributed by atoms with Crippen molar-refractivity contribution in [3.8, 4) is 17.0 Å². The maximum Gasteiger partial charge on any atom is 0.272 e. The third kappa shape index (κ3) is 4.86. The van der Waals surface area contributed by atoms with E-state index in [1.807, 2.05) is 60.8 Å². The lowest BCUT2D eigenvalue weighted by Gasteiger charge is -2.15. The van der Waals surface area contributed by atoms with Crippen LogP contribution in [0.15, 0.2) is 30.3 Å². The van der Waals surface area contributed by atoms with Crippen molar-refractivity contribution in [2.45, 2.75) is 19.4 Å². The van der Waals surface area contributed by atoms with Crippen LogP contribution in [0.4, 0.5) is 0 Å². The molecule has 2 aromatic heterocycles. The number of imidazole rings is 1. The molecular formula is C23H29N5O4S. The van der Waals surface area contributed by atoms with Crippen molar-refractivity contribution in [2.24, 2.45) is 0 Å². The molecule has 0 bridgehead atoms. The van der Waals surface area contributed by atoms with Crippen LogP contribution in [0.3, 0.4) is 0 Å². The van der Waals surface area contributed by atoms with Gasteiger partial charge < -0.3 is 19.5 Å². The van der Waals surface area contributed by atoms with Crippen molar-refractivity contribution in [3.63, 3.8) is 0 Å². The fraction of sp³-hybridized carbons (Fsp3) is 0.435. The van der Waals surface area contributed by atoms with Crippen LogP contribution in [0.1, 0.15) is 28.8 Å². The van der Waals surface area contributed by atoms with Gasteiger partial charge in [0, 0.05) is 18.7 Å². The van der Waals surface area contributed by atoms with Gasteiger partial charge >= 0.3 is 0 Å². The van der Waals surface area contributed by atoms with Gasteiger partial charge in [-0.15, -0.1) is 0 Å². The molecule has 3 aromatic rings. The maximum absolute atomic E-state index is 13.1. The Labute approximate surface area is 193 Å². The predicted octanol–water partition coefficient (Wildman–Crippen LogP) is 2.07. The molecule has 0 aliphatic carbocycles. The third-order valence-electron chi connectivity index (χ3n) is 5.85. The molecule has 1 amide bonds. The van der Waals surface area contributed by atoms with Gasteiger partial charge in [-0.3, -0.25) is 4.79 Å². The van der Waals surface area contributed by atoms with Gasteiger partial charge in [0.05, 0.1) is 35.9 Å². The lowest BCUT2D eigenvalue weighted by molar-refractivity contribution is 0.0948. The number of rotatable bonds is 7. The molecule has 1 aliphatic rings. The summed E-state index contributed by atoms with van der Waals surface area (Å²) in [6.45, 7) is 3.00.